The lowest BCUT2D eigenvalue weighted by atomic mass is 9.84. The Bertz CT molecular complexity index is 1060. The van der Waals surface area contributed by atoms with Crippen LogP contribution < -0.4 is 9.47 Å². The fraction of sp³-hybridized carbons (Fsp3) is 0.556. The molecule has 3 aliphatic rings. The lowest BCUT2D eigenvalue weighted by molar-refractivity contribution is -0.145. The van der Waals surface area contributed by atoms with Gasteiger partial charge in [-0.1, -0.05) is 12.5 Å². The molecule has 8 nitrogen and oxygen atoms in total. The molecule has 1 aromatic carbocycles. The Morgan fingerprint density at radius 2 is 1.86 bits per heavy atom. The van der Waals surface area contributed by atoms with Crippen molar-refractivity contribution in [2.24, 2.45) is 5.92 Å². The first-order valence-electron chi connectivity index (χ1n) is 12.8. The van der Waals surface area contributed by atoms with Gasteiger partial charge >= 0.3 is 0 Å². The number of carbonyl (C=O) groups is 2. The number of rotatable bonds is 10. The third-order valence-electron chi connectivity index (χ3n) is 7.35. The highest BCUT2D eigenvalue weighted by Crippen LogP contribution is 2.33. The van der Waals surface area contributed by atoms with Crippen molar-refractivity contribution in [3.8, 4) is 11.5 Å². The van der Waals surface area contributed by atoms with Crippen LogP contribution in [0.1, 0.15) is 35.3 Å². The van der Waals surface area contributed by atoms with E-state index in [4.69, 9.17) is 14.2 Å². The zero-order valence-corrected chi connectivity index (χ0v) is 21.8. The molecule has 1 saturated heterocycles. The number of hydrogen-bond acceptors (Lipinski definition) is 7. The second-order valence-corrected chi connectivity index (χ2v) is 10.8. The number of carbonyl (C=O) groups excluding carboxylic acids is 2. The molecule has 1 saturated carbocycles. The molecule has 0 spiro atoms. The van der Waals surface area contributed by atoms with Crippen LogP contribution in [0.25, 0.3) is 0 Å². The normalized spacial score (nSPS) is 17.6. The van der Waals surface area contributed by atoms with E-state index in [2.05, 4.69) is 23.3 Å². The van der Waals surface area contributed by atoms with Crippen LogP contribution in [0.4, 0.5) is 0 Å². The summed E-state index contributed by atoms with van der Waals surface area (Å²) in [5.74, 6) is 1.59. The summed E-state index contributed by atoms with van der Waals surface area (Å²) < 4.78 is 16.5. The molecule has 9 heteroatoms. The molecular weight excluding hydrogens is 478 g/mol. The SMILES string of the molecule is Cc1ccsc1CN(Cc1ccc2c(c1)OCO2)C(=O)CN(CCN1CCOCC1)C(=O)C1CCC1. The van der Waals surface area contributed by atoms with Crippen LogP contribution in [-0.4, -0.2) is 79.2 Å². The van der Waals surface area contributed by atoms with E-state index in [9.17, 15) is 9.59 Å². The molecule has 194 valence electrons. The number of hydrogen-bond donors (Lipinski definition) is 0. The van der Waals surface area contributed by atoms with E-state index in [0.29, 0.717) is 25.4 Å². The van der Waals surface area contributed by atoms with Crippen molar-refractivity contribution in [2.75, 3.05) is 52.7 Å². The van der Waals surface area contributed by atoms with Gasteiger partial charge in [-0.3, -0.25) is 14.5 Å². The van der Waals surface area contributed by atoms with Crippen molar-refractivity contribution in [3.63, 3.8) is 0 Å². The third kappa shape index (κ3) is 6.02. The lowest BCUT2D eigenvalue weighted by Crippen LogP contribution is -2.49. The third-order valence-corrected chi connectivity index (χ3v) is 8.36. The Morgan fingerprint density at radius 1 is 1.06 bits per heavy atom. The predicted octanol–water partition coefficient (Wildman–Crippen LogP) is 3.27. The minimum absolute atomic E-state index is 0.0323. The maximum Gasteiger partial charge on any atom is 0.242 e. The summed E-state index contributed by atoms with van der Waals surface area (Å²) in [7, 11) is 0. The van der Waals surface area contributed by atoms with Gasteiger partial charge in [0, 0.05) is 43.5 Å². The molecule has 2 amide bonds. The van der Waals surface area contributed by atoms with Gasteiger partial charge in [0.05, 0.1) is 26.3 Å². The topological polar surface area (TPSA) is 71.6 Å². The second-order valence-electron chi connectivity index (χ2n) is 9.81. The molecule has 36 heavy (non-hydrogen) atoms. The van der Waals surface area contributed by atoms with E-state index >= 15 is 0 Å². The van der Waals surface area contributed by atoms with Crippen molar-refractivity contribution in [1.29, 1.82) is 0 Å². The van der Waals surface area contributed by atoms with Crippen LogP contribution in [0.5, 0.6) is 11.5 Å². The van der Waals surface area contributed by atoms with Gasteiger partial charge in [0.25, 0.3) is 0 Å². The van der Waals surface area contributed by atoms with Crippen LogP contribution in [0.3, 0.4) is 0 Å². The van der Waals surface area contributed by atoms with E-state index < -0.39 is 0 Å². The Hall–Kier alpha value is -2.62. The highest BCUT2D eigenvalue weighted by atomic mass is 32.1. The molecule has 2 aliphatic heterocycles. The highest BCUT2D eigenvalue weighted by molar-refractivity contribution is 7.10. The molecule has 1 aromatic heterocycles. The number of morpholine rings is 1. The van der Waals surface area contributed by atoms with E-state index in [-0.39, 0.29) is 31.1 Å². The molecule has 2 aromatic rings. The summed E-state index contributed by atoms with van der Waals surface area (Å²) in [5.41, 5.74) is 2.16. The number of benzene rings is 1. The van der Waals surface area contributed by atoms with Crippen molar-refractivity contribution in [3.05, 3.63) is 45.6 Å². The molecule has 2 fully saturated rings. The number of ether oxygens (including phenoxy) is 3. The first-order chi connectivity index (χ1) is 17.6. The maximum atomic E-state index is 13.8. The summed E-state index contributed by atoms with van der Waals surface area (Å²) in [6, 6.07) is 7.90. The first-order valence-corrected chi connectivity index (χ1v) is 13.7. The lowest BCUT2D eigenvalue weighted by Gasteiger charge is -2.35. The van der Waals surface area contributed by atoms with Crippen LogP contribution in [0, 0.1) is 12.8 Å². The number of amides is 2. The highest BCUT2D eigenvalue weighted by Gasteiger charge is 2.32. The van der Waals surface area contributed by atoms with Gasteiger partial charge in [-0.2, -0.15) is 0 Å². The minimum atomic E-state index is -0.0323. The van der Waals surface area contributed by atoms with Gasteiger partial charge in [-0.15, -0.1) is 11.3 Å². The fourth-order valence-electron chi connectivity index (χ4n) is 4.76. The smallest absolute Gasteiger partial charge is 0.242 e. The van der Waals surface area contributed by atoms with E-state index in [0.717, 1.165) is 68.3 Å². The van der Waals surface area contributed by atoms with Crippen LogP contribution >= 0.6 is 11.3 Å². The standard InChI is InChI=1S/C27H35N3O5S/c1-20-7-14-36-25(20)17-30(16-21-5-6-23-24(15-21)35-19-34-23)26(31)18-29(27(32)22-3-2-4-22)9-8-28-10-12-33-13-11-28/h5-7,14-15,22H,2-4,8-13,16-19H2,1H3. The second kappa shape index (κ2) is 11.6. The summed E-state index contributed by atoms with van der Waals surface area (Å²) in [6.07, 6.45) is 2.95. The summed E-state index contributed by atoms with van der Waals surface area (Å²) in [6.45, 7) is 7.87. The molecular formula is C27H35N3O5S. The number of fused-ring (bicyclic) bond motifs is 1. The van der Waals surface area contributed by atoms with Crippen LogP contribution in [-0.2, 0) is 27.4 Å². The Morgan fingerprint density at radius 3 is 2.58 bits per heavy atom. The molecule has 0 radical (unpaired) electrons. The van der Waals surface area contributed by atoms with Crippen molar-refractivity contribution >= 4 is 23.2 Å². The van der Waals surface area contributed by atoms with Crippen molar-refractivity contribution in [2.45, 2.75) is 39.3 Å². The molecule has 0 bridgehead atoms. The van der Waals surface area contributed by atoms with Crippen LogP contribution in [0.2, 0.25) is 0 Å². The van der Waals surface area contributed by atoms with E-state index in [1.54, 1.807) is 16.2 Å². The monoisotopic (exact) mass is 513 g/mol. The molecule has 5 rings (SSSR count). The molecule has 0 N–H and O–H groups in total. The number of nitrogens with zero attached hydrogens (tertiary/aromatic N) is 3. The van der Waals surface area contributed by atoms with Gasteiger partial charge in [-0.05, 0) is 54.5 Å². The van der Waals surface area contributed by atoms with Gasteiger partial charge in [-0.25, -0.2) is 0 Å². The molecule has 0 atom stereocenters. The zero-order chi connectivity index (χ0) is 24.9. The average molecular weight is 514 g/mol. The molecule has 0 unspecified atom stereocenters. The van der Waals surface area contributed by atoms with Crippen molar-refractivity contribution in [1.82, 2.24) is 14.7 Å². The van der Waals surface area contributed by atoms with E-state index in [1.165, 1.54) is 5.56 Å². The van der Waals surface area contributed by atoms with Gasteiger partial charge in [0.1, 0.15) is 0 Å². The predicted molar refractivity (Wildman–Crippen MR) is 137 cm³/mol. The van der Waals surface area contributed by atoms with E-state index in [1.807, 2.05) is 23.1 Å². The summed E-state index contributed by atoms with van der Waals surface area (Å²) in [5, 5.41) is 2.06. The zero-order valence-electron chi connectivity index (χ0n) is 20.9. The molecule has 3 heterocycles. The maximum absolute atomic E-state index is 13.8. The fourth-order valence-corrected chi connectivity index (χ4v) is 5.68. The Balaban J connectivity index is 1.31. The Labute approximate surface area is 216 Å². The average Bonchev–Trinajstić information content (AvgIpc) is 3.49. The van der Waals surface area contributed by atoms with Gasteiger partial charge in [0.15, 0.2) is 11.5 Å². The van der Waals surface area contributed by atoms with Crippen molar-refractivity contribution < 1.29 is 23.8 Å². The first kappa shape index (κ1) is 25.0. The number of aryl methyl sites for hydroxylation is 1. The Kier molecular flexibility index (Phi) is 8.09. The van der Waals surface area contributed by atoms with Crippen LogP contribution in [0.15, 0.2) is 29.6 Å². The summed E-state index contributed by atoms with van der Waals surface area (Å²) in [4.78, 5) is 34.2. The quantitative estimate of drug-likeness (QED) is 0.486. The minimum Gasteiger partial charge on any atom is -0.454 e. The number of thiophene rings is 1. The largest absolute Gasteiger partial charge is 0.454 e. The van der Waals surface area contributed by atoms with Gasteiger partial charge < -0.3 is 24.0 Å². The summed E-state index contributed by atoms with van der Waals surface area (Å²) >= 11 is 1.66. The molecule has 1 aliphatic carbocycles. The van der Waals surface area contributed by atoms with Gasteiger partial charge in [0.2, 0.25) is 18.6 Å².